The van der Waals surface area contributed by atoms with Gasteiger partial charge in [-0.2, -0.15) is 0 Å². The fourth-order valence-electron chi connectivity index (χ4n) is 0.842. The molecule has 1 N–H and O–H groups in total. The summed E-state index contributed by atoms with van der Waals surface area (Å²) in [7, 11) is 1.40. The van der Waals surface area contributed by atoms with Crippen LogP contribution in [0, 0.1) is 0 Å². The number of hydrogen-bond donors (Lipinski definition) is 1. The number of ether oxygens (including phenoxy) is 1. The molecule has 1 rings (SSSR count). The minimum absolute atomic E-state index is 0.113. The molecule has 0 amide bonds. The first kappa shape index (κ1) is 12.8. The molecule has 1 aromatic carbocycles. The normalized spacial score (nSPS) is 8.57. The van der Waals surface area contributed by atoms with Crippen LogP contribution in [-0.2, 0) is 0 Å². The molecule has 0 unspecified atom stereocenters. The van der Waals surface area contributed by atoms with Crippen LogP contribution in [0.5, 0.6) is 5.75 Å². The summed E-state index contributed by atoms with van der Waals surface area (Å²) in [6.07, 6.45) is 0. The van der Waals surface area contributed by atoms with Gasteiger partial charge in [-0.05, 0) is 18.2 Å². The quantitative estimate of drug-likeness (QED) is 0.827. The van der Waals surface area contributed by atoms with Gasteiger partial charge < -0.3 is 9.84 Å². The van der Waals surface area contributed by atoms with Gasteiger partial charge in [-0.3, -0.25) is 0 Å². The minimum atomic E-state index is -1.02. The number of aromatic carboxylic acids is 1. The molecule has 14 heavy (non-hydrogen) atoms. The van der Waals surface area contributed by atoms with E-state index in [1.54, 1.807) is 0 Å². The standard InChI is InChI=1S/C8H7ClO3.C2H6/c1-12-7-4-5(9)2-3-6(7)8(10)11;1-2/h2-4H,1H3,(H,10,11);1-2H3. The van der Waals surface area contributed by atoms with Crippen molar-refractivity contribution in [3.05, 3.63) is 28.8 Å². The monoisotopic (exact) mass is 216 g/mol. The van der Waals surface area contributed by atoms with E-state index in [2.05, 4.69) is 0 Å². The van der Waals surface area contributed by atoms with Crippen LogP contribution in [0.4, 0.5) is 0 Å². The van der Waals surface area contributed by atoms with Crippen molar-refractivity contribution < 1.29 is 14.6 Å². The van der Waals surface area contributed by atoms with Crippen LogP contribution in [-0.4, -0.2) is 18.2 Å². The van der Waals surface area contributed by atoms with Gasteiger partial charge >= 0.3 is 5.97 Å². The van der Waals surface area contributed by atoms with Gasteiger partial charge in [0.1, 0.15) is 11.3 Å². The zero-order valence-corrected chi connectivity index (χ0v) is 9.13. The summed E-state index contributed by atoms with van der Waals surface area (Å²) in [5.41, 5.74) is 0.113. The number of hydrogen-bond acceptors (Lipinski definition) is 2. The summed E-state index contributed by atoms with van der Waals surface area (Å²) >= 11 is 5.63. The number of benzene rings is 1. The highest BCUT2D eigenvalue weighted by molar-refractivity contribution is 6.30. The van der Waals surface area contributed by atoms with Crippen LogP contribution in [0.15, 0.2) is 18.2 Å². The van der Waals surface area contributed by atoms with Crippen LogP contribution in [0.1, 0.15) is 24.2 Å². The SMILES string of the molecule is CC.COc1cc(Cl)ccc1C(=O)O. The predicted octanol–water partition coefficient (Wildman–Crippen LogP) is 3.07. The molecule has 0 aliphatic carbocycles. The maximum absolute atomic E-state index is 10.6. The van der Waals surface area contributed by atoms with Crippen molar-refractivity contribution in [2.75, 3.05) is 7.11 Å². The smallest absolute Gasteiger partial charge is 0.339 e. The Morgan fingerprint density at radius 3 is 2.43 bits per heavy atom. The van der Waals surface area contributed by atoms with E-state index in [0.29, 0.717) is 5.02 Å². The number of carboxylic acid groups (broad SMARTS) is 1. The summed E-state index contributed by atoms with van der Waals surface area (Å²) in [5, 5.41) is 9.12. The second-order valence-electron chi connectivity index (χ2n) is 2.15. The minimum Gasteiger partial charge on any atom is -0.496 e. The molecule has 3 nitrogen and oxygen atoms in total. The number of rotatable bonds is 2. The molecule has 1 aromatic rings. The van der Waals surface area contributed by atoms with Crippen molar-refractivity contribution in [3.63, 3.8) is 0 Å². The van der Waals surface area contributed by atoms with E-state index in [0.717, 1.165) is 0 Å². The third kappa shape index (κ3) is 3.26. The average Bonchev–Trinajstić information content (AvgIpc) is 2.20. The Labute approximate surface area is 88.3 Å². The van der Waals surface area contributed by atoms with Crippen LogP contribution in [0.2, 0.25) is 5.02 Å². The molecule has 0 aromatic heterocycles. The highest BCUT2D eigenvalue weighted by Crippen LogP contribution is 2.22. The first-order valence-electron chi connectivity index (χ1n) is 4.22. The lowest BCUT2D eigenvalue weighted by atomic mass is 10.2. The molecule has 0 atom stereocenters. The predicted molar refractivity (Wildman–Crippen MR) is 56.3 cm³/mol. The molecular formula is C10H13ClO3. The summed E-state index contributed by atoms with van der Waals surface area (Å²) in [4.78, 5) is 10.6. The maximum atomic E-state index is 10.6. The molecule has 0 saturated heterocycles. The van der Waals surface area contributed by atoms with Gasteiger partial charge in [-0.25, -0.2) is 4.79 Å². The molecule has 0 radical (unpaired) electrons. The van der Waals surface area contributed by atoms with Crippen LogP contribution in [0.25, 0.3) is 0 Å². The van der Waals surface area contributed by atoms with Crippen molar-refractivity contribution in [3.8, 4) is 5.75 Å². The Balaban J connectivity index is 0.000000791. The third-order valence-electron chi connectivity index (χ3n) is 1.39. The number of halogens is 1. The van der Waals surface area contributed by atoms with Gasteiger partial charge in [0.2, 0.25) is 0 Å². The van der Waals surface area contributed by atoms with Crippen LogP contribution in [0.3, 0.4) is 0 Å². The maximum Gasteiger partial charge on any atom is 0.339 e. The first-order valence-corrected chi connectivity index (χ1v) is 4.60. The lowest BCUT2D eigenvalue weighted by Gasteiger charge is -2.03. The van der Waals surface area contributed by atoms with E-state index in [1.807, 2.05) is 13.8 Å². The van der Waals surface area contributed by atoms with Gasteiger partial charge in [-0.15, -0.1) is 0 Å². The van der Waals surface area contributed by atoms with Gasteiger partial charge in [0.05, 0.1) is 7.11 Å². The van der Waals surface area contributed by atoms with Gasteiger partial charge in [-0.1, -0.05) is 25.4 Å². The van der Waals surface area contributed by atoms with E-state index in [4.69, 9.17) is 21.4 Å². The van der Waals surface area contributed by atoms with E-state index in [1.165, 1.54) is 25.3 Å². The van der Waals surface area contributed by atoms with E-state index >= 15 is 0 Å². The lowest BCUT2D eigenvalue weighted by molar-refractivity contribution is 0.0693. The van der Waals surface area contributed by atoms with Crippen molar-refractivity contribution in [1.82, 2.24) is 0 Å². The van der Waals surface area contributed by atoms with Gasteiger partial charge in [0.25, 0.3) is 0 Å². The average molecular weight is 217 g/mol. The van der Waals surface area contributed by atoms with Crippen LogP contribution < -0.4 is 4.74 Å². The zero-order valence-electron chi connectivity index (χ0n) is 8.37. The molecule has 0 saturated carbocycles. The molecule has 0 bridgehead atoms. The molecular weight excluding hydrogens is 204 g/mol. The molecule has 0 aliphatic rings. The Morgan fingerprint density at radius 1 is 1.43 bits per heavy atom. The van der Waals surface area contributed by atoms with E-state index in [9.17, 15) is 4.79 Å². The summed E-state index contributed by atoms with van der Waals surface area (Å²) in [6.45, 7) is 4.00. The van der Waals surface area contributed by atoms with Crippen molar-refractivity contribution in [1.29, 1.82) is 0 Å². The molecule has 0 spiro atoms. The summed E-state index contributed by atoms with van der Waals surface area (Å²) in [5.74, 6) is -0.751. The van der Waals surface area contributed by atoms with Crippen molar-refractivity contribution in [2.45, 2.75) is 13.8 Å². The second-order valence-corrected chi connectivity index (χ2v) is 2.59. The number of carbonyl (C=O) groups is 1. The number of methoxy groups -OCH3 is 1. The molecule has 0 fully saturated rings. The summed E-state index contributed by atoms with van der Waals surface area (Å²) in [6, 6.07) is 4.38. The Kier molecular flexibility index (Phi) is 5.72. The second kappa shape index (κ2) is 6.27. The van der Waals surface area contributed by atoms with Crippen molar-refractivity contribution >= 4 is 17.6 Å². The van der Waals surface area contributed by atoms with Gasteiger partial charge in [0.15, 0.2) is 0 Å². The number of carboxylic acids is 1. The fraction of sp³-hybridized carbons (Fsp3) is 0.300. The van der Waals surface area contributed by atoms with E-state index in [-0.39, 0.29) is 11.3 Å². The zero-order chi connectivity index (χ0) is 11.1. The fourth-order valence-corrected chi connectivity index (χ4v) is 1.00. The van der Waals surface area contributed by atoms with E-state index < -0.39 is 5.97 Å². The molecule has 0 aliphatic heterocycles. The molecule has 78 valence electrons. The van der Waals surface area contributed by atoms with Crippen LogP contribution >= 0.6 is 11.6 Å². The Hall–Kier alpha value is -1.22. The highest BCUT2D eigenvalue weighted by atomic mass is 35.5. The Bertz CT molecular complexity index is 310. The first-order chi connectivity index (χ1) is 6.65. The molecule has 4 heteroatoms. The highest BCUT2D eigenvalue weighted by Gasteiger charge is 2.09. The molecule has 0 heterocycles. The third-order valence-corrected chi connectivity index (χ3v) is 1.63. The summed E-state index contributed by atoms with van der Waals surface area (Å²) < 4.78 is 4.82. The largest absolute Gasteiger partial charge is 0.496 e. The Morgan fingerprint density at radius 2 is 2.00 bits per heavy atom. The lowest BCUT2D eigenvalue weighted by Crippen LogP contribution is -1.99. The topological polar surface area (TPSA) is 46.5 Å². The van der Waals surface area contributed by atoms with Crippen molar-refractivity contribution in [2.24, 2.45) is 0 Å². The van der Waals surface area contributed by atoms with Gasteiger partial charge in [0, 0.05) is 5.02 Å².